The van der Waals surface area contributed by atoms with Gasteiger partial charge in [0.2, 0.25) is 5.91 Å². The van der Waals surface area contributed by atoms with E-state index in [0.29, 0.717) is 24.8 Å². The van der Waals surface area contributed by atoms with E-state index in [9.17, 15) is 29.8 Å². The quantitative estimate of drug-likeness (QED) is 0.102. The molecule has 3 rings (SSSR count). The molecule has 0 aromatic heterocycles. The summed E-state index contributed by atoms with van der Waals surface area (Å²) in [6, 6.07) is 13.5. The van der Waals surface area contributed by atoms with Gasteiger partial charge in [0.1, 0.15) is 11.3 Å². The van der Waals surface area contributed by atoms with Gasteiger partial charge in [0.05, 0.1) is 33.2 Å². The zero-order valence-corrected chi connectivity index (χ0v) is 27.1. The predicted octanol–water partition coefficient (Wildman–Crippen LogP) is 8.58. The van der Waals surface area contributed by atoms with Crippen molar-refractivity contribution >= 4 is 46.2 Å². The summed E-state index contributed by atoms with van der Waals surface area (Å²) < 4.78 is 6.16. The van der Waals surface area contributed by atoms with Crippen molar-refractivity contribution in [2.75, 3.05) is 17.2 Å². The van der Waals surface area contributed by atoms with Crippen molar-refractivity contribution < 1.29 is 24.2 Å². The number of nitro benzene ring substituents is 2. The lowest BCUT2D eigenvalue weighted by Crippen LogP contribution is -2.21. The van der Waals surface area contributed by atoms with Gasteiger partial charge >= 0.3 is 0 Å². The smallest absolute Gasteiger partial charge is 0.289 e. The van der Waals surface area contributed by atoms with Crippen molar-refractivity contribution in [3.8, 4) is 5.75 Å². The molecule has 0 heterocycles. The Morgan fingerprint density at radius 1 is 0.867 bits per heavy atom. The number of benzene rings is 3. The van der Waals surface area contributed by atoms with Gasteiger partial charge < -0.3 is 15.4 Å². The van der Waals surface area contributed by atoms with Gasteiger partial charge in [0.25, 0.3) is 17.3 Å². The molecule has 0 bridgehead atoms. The largest absolute Gasteiger partial charge is 0.493 e. The van der Waals surface area contributed by atoms with Gasteiger partial charge in [0.15, 0.2) is 0 Å². The Balaban J connectivity index is 1.64. The Labute approximate surface area is 267 Å². The van der Waals surface area contributed by atoms with E-state index in [1.54, 1.807) is 6.07 Å². The van der Waals surface area contributed by atoms with Crippen molar-refractivity contribution in [3.63, 3.8) is 0 Å². The zero-order chi connectivity index (χ0) is 33.5. The molecule has 0 saturated carbocycles. The molecule has 45 heavy (non-hydrogen) atoms. The number of nitrogens with zero attached hydrogens (tertiary/aromatic N) is 2. The Bertz CT molecular complexity index is 1600. The van der Waals surface area contributed by atoms with Gasteiger partial charge in [0, 0.05) is 23.7 Å². The van der Waals surface area contributed by atoms with Crippen LogP contribution in [0.2, 0.25) is 5.02 Å². The second kappa shape index (κ2) is 14.5. The standard InChI is InChI=1S/C33H39ClN4O7/c1-7-32(3,4)21-11-16-29(25(18-21)33(5,6)8-2)45-17-9-10-30(39)35-22-12-15-26(34)27(19-22)36-31(40)24-14-13-23(37(41)42)20-28(24)38(43)44/h11-16,18-20H,7-10,17H2,1-6H3,(H,35,39)(H,36,40). The second-order valence-corrected chi connectivity index (χ2v) is 12.5. The number of nitrogens with one attached hydrogen (secondary N) is 2. The Kier molecular flexibility index (Phi) is 11.3. The summed E-state index contributed by atoms with van der Waals surface area (Å²) in [4.78, 5) is 46.3. The first-order valence-electron chi connectivity index (χ1n) is 14.7. The number of amides is 2. The van der Waals surface area contributed by atoms with Crippen LogP contribution in [0.25, 0.3) is 0 Å². The molecule has 2 N–H and O–H groups in total. The van der Waals surface area contributed by atoms with Crippen LogP contribution in [0.15, 0.2) is 54.6 Å². The van der Waals surface area contributed by atoms with Crippen LogP contribution < -0.4 is 15.4 Å². The van der Waals surface area contributed by atoms with E-state index in [0.717, 1.165) is 36.3 Å². The van der Waals surface area contributed by atoms with Crippen LogP contribution in [-0.4, -0.2) is 28.3 Å². The molecular weight excluding hydrogens is 600 g/mol. The van der Waals surface area contributed by atoms with Crippen molar-refractivity contribution in [3.05, 3.63) is 96.5 Å². The first-order chi connectivity index (χ1) is 21.1. The summed E-state index contributed by atoms with van der Waals surface area (Å²) in [5.74, 6) is -0.362. The minimum absolute atomic E-state index is 0.0439. The molecule has 0 fully saturated rings. The van der Waals surface area contributed by atoms with Crippen LogP contribution in [0.3, 0.4) is 0 Å². The molecule has 3 aromatic rings. The maximum atomic E-state index is 12.8. The van der Waals surface area contributed by atoms with E-state index < -0.39 is 27.1 Å². The van der Waals surface area contributed by atoms with Gasteiger partial charge in [-0.25, -0.2) is 0 Å². The van der Waals surface area contributed by atoms with E-state index in [1.807, 2.05) is 6.07 Å². The number of carbonyl (C=O) groups is 2. The number of carbonyl (C=O) groups excluding carboxylic acids is 2. The zero-order valence-electron chi connectivity index (χ0n) is 26.4. The SMILES string of the molecule is CCC(C)(C)c1ccc(OCCCC(=O)Nc2ccc(Cl)c(NC(=O)c3ccc([N+](=O)[O-])cc3[N+](=O)[O-])c2)c(C(C)(C)CC)c1. The van der Waals surface area contributed by atoms with Crippen LogP contribution in [-0.2, 0) is 15.6 Å². The molecule has 3 aromatic carbocycles. The Morgan fingerprint density at radius 2 is 1.56 bits per heavy atom. The Hall–Kier alpha value is -4.51. The van der Waals surface area contributed by atoms with E-state index in [2.05, 4.69) is 64.3 Å². The minimum atomic E-state index is -0.893. The topological polar surface area (TPSA) is 154 Å². The molecule has 0 radical (unpaired) electrons. The number of rotatable bonds is 14. The summed E-state index contributed by atoms with van der Waals surface area (Å²) in [6.07, 6.45) is 2.59. The highest BCUT2D eigenvalue weighted by atomic mass is 35.5. The third-order valence-corrected chi connectivity index (χ3v) is 8.53. The third-order valence-electron chi connectivity index (χ3n) is 8.20. The highest BCUT2D eigenvalue weighted by molar-refractivity contribution is 6.34. The number of non-ortho nitro benzene ring substituents is 1. The first kappa shape index (κ1) is 35.0. The predicted molar refractivity (Wildman–Crippen MR) is 176 cm³/mol. The third kappa shape index (κ3) is 8.78. The van der Waals surface area contributed by atoms with Crippen LogP contribution in [0.4, 0.5) is 22.7 Å². The van der Waals surface area contributed by atoms with E-state index in [1.165, 1.54) is 17.7 Å². The number of halogens is 1. The Morgan fingerprint density at radius 3 is 2.18 bits per heavy atom. The normalized spacial score (nSPS) is 11.5. The highest BCUT2D eigenvalue weighted by Gasteiger charge is 2.27. The molecule has 0 aliphatic heterocycles. The summed E-state index contributed by atoms with van der Waals surface area (Å²) in [6.45, 7) is 13.5. The van der Waals surface area contributed by atoms with Gasteiger partial charge in [-0.15, -0.1) is 0 Å². The molecule has 0 saturated heterocycles. The first-order valence-corrected chi connectivity index (χ1v) is 15.1. The van der Waals surface area contributed by atoms with Crippen molar-refractivity contribution in [1.82, 2.24) is 0 Å². The maximum absolute atomic E-state index is 12.8. The van der Waals surface area contributed by atoms with Crippen molar-refractivity contribution in [1.29, 1.82) is 0 Å². The summed E-state index contributed by atoms with van der Waals surface area (Å²) >= 11 is 6.22. The monoisotopic (exact) mass is 638 g/mol. The lowest BCUT2D eigenvalue weighted by molar-refractivity contribution is -0.394. The second-order valence-electron chi connectivity index (χ2n) is 12.1. The fraction of sp³-hybridized carbons (Fsp3) is 0.394. The van der Waals surface area contributed by atoms with Gasteiger partial charge in [-0.1, -0.05) is 65.3 Å². The van der Waals surface area contributed by atoms with Gasteiger partial charge in [-0.2, -0.15) is 0 Å². The lowest BCUT2D eigenvalue weighted by atomic mass is 9.76. The molecule has 0 unspecified atom stereocenters. The fourth-order valence-electron chi connectivity index (χ4n) is 4.50. The van der Waals surface area contributed by atoms with Gasteiger partial charge in [-0.3, -0.25) is 29.8 Å². The fourth-order valence-corrected chi connectivity index (χ4v) is 4.67. The average molecular weight is 639 g/mol. The number of anilines is 2. The molecule has 240 valence electrons. The number of hydrogen-bond acceptors (Lipinski definition) is 7. The lowest BCUT2D eigenvalue weighted by Gasteiger charge is -2.30. The summed E-state index contributed by atoms with van der Waals surface area (Å²) in [5, 5.41) is 27.8. The maximum Gasteiger partial charge on any atom is 0.289 e. The number of hydrogen-bond donors (Lipinski definition) is 2. The average Bonchev–Trinajstić information content (AvgIpc) is 3.00. The molecule has 0 aliphatic carbocycles. The van der Waals surface area contributed by atoms with Crippen molar-refractivity contribution in [2.24, 2.45) is 0 Å². The highest BCUT2D eigenvalue weighted by Crippen LogP contribution is 2.38. The number of nitro groups is 2. The minimum Gasteiger partial charge on any atom is -0.493 e. The molecule has 0 spiro atoms. The molecular formula is C33H39ClN4O7. The van der Waals surface area contributed by atoms with Crippen LogP contribution >= 0.6 is 11.6 Å². The molecule has 0 atom stereocenters. The molecule has 2 amide bonds. The van der Waals surface area contributed by atoms with E-state index >= 15 is 0 Å². The molecule has 0 aliphatic rings. The van der Waals surface area contributed by atoms with Crippen LogP contribution in [0, 0.1) is 20.2 Å². The summed E-state index contributed by atoms with van der Waals surface area (Å²) in [5.41, 5.74) is 1.17. The number of ether oxygens (including phenoxy) is 1. The molecule has 11 nitrogen and oxygen atoms in total. The van der Waals surface area contributed by atoms with Crippen LogP contribution in [0.5, 0.6) is 5.75 Å². The molecule has 12 heteroatoms. The van der Waals surface area contributed by atoms with Crippen molar-refractivity contribution in [2.45, 2.75) is 78.1 Å². The van der Waals surface area contributed by atoms with E-state index in [4.69, 9.17) is 16.3 Å². The summed E-state index contributed by atoms with van der Waals surface area (Å²) in [7, 11) is 0. The van der Waals surface area contributed by atoms with Crippen LogP contribution in [0.1, 0.15) is 88.7 Å². The van der Waals surface area contributed by atoms with E-state index in [-0.39, 0.29) is 39.4 Å². The van der Waals surface area contributed by atoms with Gasteiger partial charge in [-0.05, 0) is 66.0 Å².